The number of H-pyrrole nitrogens is 1. The minimum atomic E-state index is -4.45. The lowest BCUT2D eigenvalue weighted by Gasteiger charge is -2.28. The van der Waals surface area contributed by atoms with Gasteiger partial charge >= 0.3 is 12.1 Å². The molecule has 2 aliphatic rings. The van der Waals surface area contributed by atoms with Crippen LogP contribution in [0.1, 0.15) is 66.5 Å². The Morgan fingerprint density at radius 1 is 1.03 bits per heavy atom. The molecule has 0 amide bonds. The van der Waals surface area contributed by atoms with Crippen LogP contribution in [0.4, 0.5) is 17.6 Å². The first kappa shape index (κ1) is 24.3. The van der Waals surface area contributed by atoms with Crippen LogP contribution >= 0.6 is 0 Å². The molecule has 2 unspecified atom stereocenters. The molecule has 1 fully saturated rings. The molecule has 0 spiro atoms. The van der Waals surface area contributed by atoms with Gasteiger partial charge in [-0.1, -0.05) is 36.4 Å². The number of aliphatic carboxylic acids is 1. The van der Waals surface area contributed by atoms with Crippen molar-refractivity contribution >= 4 is 22.6 Å². The molecule has 188 valence electrons. The third kappa shape index (κ3) is 5.08. The number of aromatic nitrogens is 2. The number of carboxylic acid groups (broad SMARTS) is 1. The number of rotatable bonds is 5. The lowest BCUT2D eigenvalue weighted by atomic mass is 9.77. The highest BCUT2D eigenvalue weighted by Gasteiger charge is 2.31. The summed E-state index contributed by atoms with van der Waals surface area (Å²) in [7, 11) is 0. The maximum atomic E-state index is 15.2. The van der Waals surface area contributed by atoms with Crippen LogP contribution in [0, 0.1) is 5.92 Å². The summed E-state index contributed by atoms with van der Waals surface area (Å²) in [5.41, 5.74) is 2.41. The molecule has 0 radical (unpaired) electrons. The molecule has 2 atom stereocenters. The molecule has 0 bridgehead atoms. The Labute approximate surface area is 205 Å². The van der Waals surface area contributed by atoms with Gasteiger partial charge in [-0.15, -0.1) is 0 Å². The molecule has 36 heavy (non-hydrogen) atoms. The zero-order valence-corrected chi connectivity index (χ0v) is 19.4. The van der Waals surface area contributed by atoms with Gasteiger partial charge in [-0.25, -0.2) is 9.37 Å². The molecule has 0 saturated heterocycles. The van der Waals surface area contributed by atoms with Gasteiger partial charge < -0.3 is 10.1 Å². The number of hydrogen-bond donors (Lipinski definition) is 2. The van der Waals surface area contributed by atoms with Gasteiger partial charge in [0.2, 0.25) is 0 Å². The van der Waals surface area contributed by atoms with Gasteiger partial charge in [0.15, 0.2) is 0 Å². The van der Waals surface area contributed by atoms with Crippen molar-refractivity contribution in [3.05, 3.63) is 83.2 Å². The van der Waals surface area contributed by atoms with E-state index in [4.69, 9.17) is 5.11 Å². The number of nitrogens with zero attached hydrogens (tertiary/aromatic N) is 1. The van der Waals surface area contributed by atoms with Crippen LogP contribution in [0.2, 0.25) is 0 Å². The van der Waals surface area contributed by atoms with E-state index < -0.39 is 29.8 Å². The molecule has 2 aromatic carbocycles. The van der Waals surface area contributed by atoms with Crippen LogP contribution in [-0.2, 0) is 11.0 Å². The zero-order valence-electron chi connectivity index (χ0n) is 19.4. The van der Waals surface area contributed by atoms with Crippen LogP contribution in [0.5, 0.6) is 0 Å². The SMILES string of the molecule is O=C(O)CC1CCC(c2ccc(C3C=CC(c4nc5ccc(C(F)(F)F)cc5[nH]4)=CC3F)cc2)CC1. The van der Waals surface area contributed by atoms with E-state index in [0.29, 0.717) is 22.8 Å². The average molecular weight is 499 g/mol. The third-order valence-electron chi connectivity index (χ3n) is 7.35. The van der Waals surface area contributed by atoms with E-state index >= 15 is 4.39 Å². The first-order valence-electron chi connectivity index (χ1n) is 12.1. The van der Waals surface area contributed by atoms with Gasteiger partial charge in [-0.2, -0.15) is 13.2 Å². The van der Waals surface area contributed by atoms with Crippen molar-refractivity contribution in [2.24, 2.45) is 5.92 Å². The lowest BCUT2D eigenvalue weighted by molar-refractivity contribution is -0.138. The van der Waals surface area contributed by atoms with Crippen molar-refractivity contribution in [1.82, 2.24) is 9.97 Å². The number of allylic oxidation sites excluding steroid dienone is 4. The third-order valence-corrected chi connectivity index (χ3v) is 7.35. The van der Waals surface area contributed by atoms with Gasteiger partial charge in [-0.3, -0.25) is 4.79 Å². The Balaban J connectivity index is 1.26. The normalized spacial score (nSPS) is 24.6. The smallest absolute Gasteiger partial charge is 0.416 e. The number of aromatic amines is 1. The summed E-state index contributed by atoms with van der Waals surface area (Å²) >= 11 is 0. The van der Waals surface area contributed by atoms with Gasteiger partial charge in [0.25, 0.3) is 0 Å². The van der Waals surface area contributed by atoms with Crippen molar-refractivity contribution < 1.29 is 27.5 Å². The van der Waals surface area contributed by atoms with E-state index in [-0.39, 0.29) is 17.9 Å². The lowest BCUT2D eigenvalue weighted by Crippen LogP contribution is -2.16. The van der Waals surface area contributed by atoms with Crippen molar-refractivity contribution in [2.75, 3.05) is 0 Å². The summed E-state index contributed by atoms with van der Waals surface area (Å²) < 4.78 is 54.2. The zero-order chi connectivity index (χ0) is 25.4. The minimum absolute atomic E-state index is 0.232. The highest BCUT2D eigenvalue weighted by molar-refractivity contribution is 5.82. The Hall–Kier alpha value is -3.42. The maximum Gasteiger partial charge on any atom is 0.416 e. The fraction of sp³-hybridized carbons (Fsp3) is 0.357. The van der Waals surface area contributed by atoms with Gasteiger partial charge in [-0.05, 0) is 72.9 Å². The topological polar surface area (TPSA) is 66.0 Å². The Kier molecular flexibility index (Phi) is 6.45. The number of nitrogens with one attached hydrogen (secondary N) is 1. The van der Waals surface area contributed by atoms with Crippen molar-refractivity contribution in [3.63, 3.8) is 0 Å². The van der Waals surface area contributed by atoms with Crippen LogP contribution in [-0.4, -0.2) is 27.2 Å². The average Bonchev–Trinajstić information content (AvgIpc) is 3.27. The predicted molar refractivity (Wildman–Crippen MR) is 129 cm³/mol. The van der Waals surface area contributed by atoms with Crippen molar-refractivity contribution in [1.29, 1.82) is 0 Å². The van der Waals surface area contributed by atoms with Gasteiger partial charge in [0, 0.05) is 17.9 Å². The molecule has 2 aliphatic carbocycles. The van der Waals surface area contributed by atoms with E-state index in [1.165, 1.54) is 17.7 Å². The molecule has 4 nitrogen and oxygen atoms in total. The second-order valence-electron chi connectivity index (χ2n) is 9.75. The number of halogens is 4. The molecule has 3 aromatic rings. The number of carbonyl (C=O) groups is 1. The molecule has 1 saturated carbocycles. The molecule has 2 N–H and O–H groups in total. The molecular formula is C28H26F4N2O2. The summed E-state index contributed by atoms with van der Waals surface area (Å²) in [5, 5.41) is 8.99. The largest absolute Gasteiger partial charge is 0.481 e. The number of fused-ring (bicyclic) bond motifs is 1. The fourth-order valence-electron chi connectivity index (χ4n) is 5.36. The van der Waals surface area contributed by atoms with Crippen molar-refractivity contribution in [2.45, 2.75) is 56.3 Å². The molecule has 8 heteroatoms. The summed E-state index contributed by atoms with van der Waals surface area (Å²) in [5.74, 6) is -0.232. The van der Waals surface area contributed by atoms with Crippen LogP contribution in [0.15, 0.2) is 60.7 Å². The summed E-state index contributed by atoms with van der Waals surface area (Å²) in [6, 6.07) is 11.3. The van der Waals surface area contributed by atoms with E-state index in [0.717, 1.165) is 43.4 Å². The molecule has 5 rings (SSSR count). The van der Waals surface area contributed by atoms with Gasteiger partial charge in [0.1, 0.15) is 12.0 Å². The van der Waals surface area contributed by atoms with Crippen LogP contribution in [0.25, 0.3) is 16.6 Å². The highest BCUT2D eigenvalue weighted by atomic mass is 19.4. The quantitative estimate of drug-likeness (QED) is 0.360. The molecular weight excluding hydrogens is 472 g/mol. The van der Waals surface area contributed by atoms with E-state index in [2.05, 4.69) is 9.97 Å². The number of alkyl halides is 4. The van der Waals surface area contributed by atoms with Crippen molar-refractivity contribution in [3.8, 4) is 0 Å². The summed E-state index contributed by atoms with van der Waals surface area (Å²) in [6.45, 7) is 0. The second kappa shape index (κ2) is 9.56. The number of hydrogen-bond acceptors (Lipinski definition) is 2. The predicted octanol–water partition coefficient (Wildman–Crippen LogP) is 7.41. The molecule has 1 aromatic heterocycles. The van der Waals surface area contributed by atoms with Gasteiger partial charge in [0.05, 0.1) is 16.6 Å². The summed E-state index contributed by atoms with van der Waals surface area (Å²) in [6.07, 6.45) is 3.17. The Morgan fingerprint density at radius 3 is 2.36 bits per heavy atom. The highest BCUT2D eigenvalue weighted by Crippen LogP contribution is 2.39. The van der Waals surface area contributed by atoms with Crippen LogP contribution < -0.4 is 0 Å². The Bertz CT molecular complexity index is 1320. The first-order chi connectivity index (χ1) is 17.2. The first-order valence-corrected chi connectivity index (χ1v) is 12.1. The standard InChI is InChI=1S/C28H26F4N2O2/c29-23-14-20(27-33-24-12-10-21(28(30,31)32)15-25(24)34-27)9-11-22(23)19-7-5-18(6-8-19)17-3-1-16(2-4-17)13-26(35)36/h5-12,14-17,22-23H,1-4,13H2,(H,33,34)(H,35,36). The second-order valence-corrected chi connectivity index (χ2v) is 9.75. The fourth-order valence-corrected chi connectivity index (χ4v) is 5.36. The maximum absolute atomic E-state index is 15.2. The molecule has 0 aliphatic heterocycles. The van der Waals surface area contributed by atoms with Crippen LogP contribution in [0.3, 0.4) is 0 Å². The number of imidazole rings is 1. The number of carboxylic acids is 1. The number of benzene rings is 2. The van der Waals surface area contributed by atoms with E-state index in [1.807, 2.05) is 24.3 Å². The minimum Gasteiger partial charge on any atom is -0.481 e. The van der Waals surface area contributed by atoms with E-state index in [1.54, 1.807) is 12.2 Å². The van der Waals surface area contributed by atoms with E-state index in [9.17, 15) is 18.0 Å². The monoisotopic (exact) mass is 498 g/mol. The Morgan fingerprint density at radius 2 is 1.72 bits per heavy atom. The summed E-state index contributed by atoms with van der Waals surface area (Å²) in [4.78, 5) is 18.2. The molecule has 1 heterocycles.